The number of sulfonamides is 1. The van der Waals surface area contributed by atoms with Crippen molar-refractivity contribution in [3.8, 4) is 0 Å². The molecule has 0 aromatic heterocycles. The summed E-state index contributed by atoms with van der Waals surface area (Å²) in [7, 11) is -3.25. The number of carbonyl (C=O) groups excluding carboxylic acids is 1. The fourth-order valence-electron chi connectivity index (χ4n) is 3.11. The van der Waals surface area contributed by atoms with Crippen LogP contribution in [0.3, 0.4) is 0 Å². The average Bonchev–Trinajstić information content (AvgIpc) is 3.13. The number of carbonyl (C=O) groups is 1. The molecule has 1 saturated heterocycles. The molecule has 1 aliphatic carbocycles. The molecule has 1 saturated carbocycles. The normalized spacial score (nSPS) is 29.3. The molecule has 1 N–H and O–H groups in total. The summed E-state index contributed by atoms with van der Waals surface area (Å²) in [6.45, 7) is 2.37. The third-order valence-electron chi connectivity index (χ3n) is 4.26. The Labute approximate surface area is 125 Å². The minimum Gasteiger partial charge on any atom is -0.352 e. The van der Waals surface area contributed by atoms with Crippen molar-refractivity contribution in [2.75, 3.05) is 13.1 Å². The van der Waals surface area contributed by atoms with Crippen LogP contribution in [-0.4, -0.2) is 43.0 Å². The monoisotopic (exact) mass is 308 g/mol. The predicted molar refractivity (Wildman–Crippen MR) is 80.3 cm³/mol. The second-order valence-electron chi connectivity index (χ2n) is 5.88. The van der Waals surface area contributed by atoms with E-state index < -0.39 is 10.0 Å². The summed E-state index contributed by atoms with van der Waals surface area (Å²) < 4.78 is 26.8. The summed E-state index contributed by atoms with van der Waals surface area (Å²) in [5.74, 6) is 0.0175. The van der Waals surface area contributed by atoms with Crippen LogP contribution in [0.4, 0.5) is 0 Å². The zero-order valence-corrected chi connectivity index (χ0v) is 12.8. The molecule has 2 aliphatic rings. The number of hydrogen-bond donors (Lipinski definition) is 1. The molecule has 1 aromatic rings. The molecule has 1 amide bonds. The van der Waals surface area contributed by atoms with E-state index >= 15 is 0 Å². The van der Waals surface area contributed by atoms with E-state index in [4.69, 9.17) is 0 Å². The number of amides is 1. The molecule has 3 atom stereocenters. The summed E-state index contributed by atoms with van der Waals surface area (Å²) >= 11 is 0. The highest BCUT2D eigenvalue weighted by atomic mass is 32.2. The molecule has 1 unspecified atom stereocenters. The van der Waals surface area contributed by atoms with Gasteiger partial charge >= 0.3 is 0 Å². The van der Waals surface area contributed by atoms with Crippen molar-refractivity contribution < 1.29 is 13.2 Å². The van der Waals surface area contributed by atoms with Crippen molar-refractivity contribution in [3.63, 3.8) is 0 Å². The Hall–Kier alpha value is -1.40. The third-order valence-corrected chi connectivity index (χ3v) is 6.60. The first-order valence-corrected chi connectivity index (χ1v) is 8.80. The number of nitrogens with zero attached hydrogens (tertiary/aromatic N) is 1. The number of rotatable bonds is 4. The largest absolute Gasteiger partial charge is 0.352 e. The van der Waals surface area contributed by atoms with Crippen LogP contribution in [0.2, 0.25) is 0 Å². The van der Waals surface area contributed by atoms with Crippen LogP contribution < -0.4 is 5.32 Å². The SMILES string of the molecule is CC(=O)NC1CCN(S(=O)(=O)[C@@H]2C[C@H]2c2ccccc2)C1. The van der Waals surface area contributed by atoms with Gasteiger partial charge in [0.1, 0.15) is 0 Å². The Morgan fingerprint density at radius 3 is 2.67 bits per heavy atom. The first-order valence-electron chi connectivity index (χ1n) is 7.29. The Morgan fingerprint density at radius 2 is 2.00 bits per heavy atom. The molecule has 0 spiro atoms. The van der Waals surface area contributed by atoms with Crippen LogP contribution in [0.5, 0.6) is 0 Å². The average molecular weight is 308 g/mol. The van der Waals surface area contributed by atoms with Crippen LogP contribution in [-0.2, 0) is 14.8 Å². The highest BCUT2D eigenvalue weighted by Crippen LogP contribution is 2.47. The van der Waals surface area contributed by atoms with Crippen LogP contribution >= 0.6 is 0 Å². The van der Waals surface area contributed by atoms with Crippen molar-refractivity contribution in [1.29, 1.82) is 0 Å². The lowest BCUT2D eigenvalue weighted by molar-refractivity contribution is -0.119. The van der Waals surface area contributed by atoms with Gasteiger partial charge in [0, 0.05) is 32.0 Å². The Kier molecular flexibility index (Phi) is 3.75. The molecule has 2 fully saturated rings. The van der Waals surface area contributed by atoms with E-state index in [1.54, 1.807) is 4.31 Å². The van der Waals surface area contributed by atoms with Gasteiger partial charge in [-0.25, -0.2) is 8.42 Å². The van der Waals surface area contributed by atoms with E-state index in [-0.39, 0.29) is 23.1 Å². The van der Waals surface area contributed by atoms with Crippen LogP contribution in [0.15, 0.2) is 30.3 Å². The maximum absolute atomic E-state index is 12.6. The van der Waals surface area contributed by atoms with Gasteiger partial charge in [-0.1, -0.05) is 30.3 Å². The molecular weight excluding hydrogens is 288 g/mol. The second-order valence-corrected chi connectivity index (χ2v) is 8.03. The third kappa shape index (κ3) is 2.96. The molecule has 0 bridgehead atoms. The number of hydrogen-bond acceptors (Lipinski definition) is 3. The minimum absolute atomic E-state index is 0.0498. The van der Waals surface area contributed by atoms with Crippen molar-refractivity contribution in [2.45, 2.75) is 37.0 Å². The fraction of sp³-hybridized carbons (Fsp3) is 0.533. The quantitative estimate of drug-likeness (QED) is 0.905. The van der Waals surface area contributed by atoms with Gasteiger partial charge in [-0.15, -0.1) is 0 Å². The molecule has 1 aromatic carbocycles. The lowest BCUT2D eigenvalue weighted by Crippen LogP contribution is -2.38. The molecule has 21 heavy (non-hydrogen) atoms. The lowest BCUT2D eigenvalue weighted by Gasteiger charge is -2.17. The van der Waals surface area contributed by atoms with Crippen LogP contribution in [0.1, 0.15) is 31.2 Å². The van der Waals surface area contributed by atoms with Gasteiger partial charge in [-0.3, -0.25) is 4.79 Å². The molecular formula is C15H20N2O3S. The van der Waals surface area contributed by atoms with Gasteiger partial charge < -0.3 is 5.32 Å². The van der Waals surface area contributed by atoms with Crippen molar-refractivity contribution in [1.82, 2.24) is 9.62 Å². The Balaban J connectivity index is 1.65. The zero-order valence-electron chi connectivity index (χ0n) is 12.0. The predicted octanol–water partition coefficient (Wildman–Crippen LogP) is 1.08. The maximum Gasteiger partial charge on any atom is 0.217 e. The van der Waals surface area contributed by atoms with Crippen molar-refractivity contribution >= 4 is 15.9 Å². The molecule has 3 rings (SSSR count). The lowest BCUT2D eigenvalue weighted by atomic mass is 10.1. The van der Waals surface area contributed by atoms with Crippen LogP contribution in [0.25, 0.3) is 0 Å². The highest BCUT2D eigenvalue weighted by Gasteiger charge is 2.51. The van der Waals surface area contributed by atoms with Gasteiger partial charge in [-0.05, 0) is 18.4 Å². The van der Waals surface area contributed by atoms with Gasteiger partial charge in [0.15, 0.2) is 0 Å². The topological polar surface area (TPSA) is 66.5 Å². The fourth-order valence-corrected chi connectivity index (χ4v) is 5.26. The van der Waals surface area contributed by atoms with Crippen molar-refractivity contribution in [2.24, 2.45) is 0 Å². The van der Waals surface area contributed by atoms with Crippen molar-refractivity contribution in [3.05, 3.63) is 35.9 Å². The number of nitrogens with one attached hydrogen (secondary N) is 1. The molecule has 1 aliphatic heterocycles. The summed E-state index contributed by atoms with van der Waals surface area (Å²) in [6.07, 6.45) is 1.40. The summed E-state index contributed by atoms with van der Waals surface area (Å²) in [4.78, 5) is 11.1. The first kappa shape index (κ1) is 14.5. The second kappa shape index (κ2) is 5.42. The molecule has 5 nitrogen and oxygen atoms in total. The van der Waals surface area contributed by atoms with E-state index in [9.17, 15) is 13.2 Å². The Morgan fingerprint density at radius 1 is 1.29 bits per heavy atom. The molecule has 6 heteroatoms. The van der Waals surface area contributed by atoms with Gasteiger partial charge in [0.05, 0.1) is 5.25 Å². The van der Waals surface area contributed by atoms with E-state index in [1.807, 2.05) is 30.3 Å². The standard InChI is InChI=1S/C15H20N2O3S/c1-11(18)16-13-7-8-17(10-13)21(19,20)15-9-14(15)12-5-3-2-4-6-12/h2-6,13-15H,7-10H2,1H3,(H,16,18)/t13?,14-,15+/m0/s1. The van der Waals surface area contributed by atoms with Gasteiger partial charge in [-0.2, -0.15) is 4.31 Å². The van der Waals surface area contributed by atoms with E-state index in [1.165, 1.54) is 6.92 Å². The van der Waals surface area contributed by atoms with Crippen LogP contribution in [0, 0.1) is 0 Å². The van der Waals surface area contributed by atoms with Gasteiger partial charge in [0.25, 0.3) is 0 Å². The van der Waals surface area contributed by atoms with Gasteiger partial charge in [0.2, 0.25) is 15.9 Å². The molecule has 114 valence electrons. The Bertz CT molecular complexity index is 630. The highest BCUT2D eigenvalue weighted by molar-refractivity contribution is 7.90. The summed E-state index contributed by atoms with van der Waals surface area (Å²) in [6, 6.07) is 9.76. The van der Waals surface area contributed by atoms with E-state index in [2.05, 4.69) is 5.32 Å². The van der Waals surface area contributed by atoms with E-state index in [0.717, 1.165) is 5.56 Å². The first-order chi connectivity index (χ1) is 9.98. The molecule has 1 heterocycles. The minimum atomic E-state index is -3.25. The smallest absolute Gasteiger partial charge is 0.217 e. The number of benzene rings is 1. The zero-order chi connectivity index (χ0) is 15.0. The maximum atomic E-state index is 12.6. The van der Waals surface area contributed by atoms with E-state index in [0.29, 0.717) is 25.9 Å². The summed E-state index contributed by atoms with van der Waals surface area (Å²) in [5, 5.41) is 2.51. The molecule has 0 radical (unpaired) electrons. The summed E-state index contributed by atoms with van der Waals surface area (Å²) in [5.41, 5.74) is 1.10.